The van der Waals surface area contributed by atoms with Crippen molar-refractivity contribution in [3.05, 3.63) is 53.2 Å². The lowest BCUT2D eigenvalue weighted by Crippen LogP contribution is -2.05. The molecule has 0 amide bonds. The van der Waals surface area contributed by atoms with Gasteiger partial charge in [-0.05, 0) is 31.7 Å². The summed E-state index contributed by atoms with van der Waals surface area (Å²) in [6.45, 7) is 4.07. The van der Waals surface area contributed by atoms with Gasteiger partial charge in [0.05, 0.1) is 12.3 Å². The summed E-state index contributed by atoms with van der Waals surface area (Å²) in [7, 11) is 0. The first-order valence-electron chi connectivity index (χ1n) is 7.44. The van der Waals surface area contributed by atoms with Crippen LogP contribution in [-0.2, 0) is 24.0 Å². The Morgan fingerprint density at radius 2 is 1.95 bits per heavy atom. The standard InChI is InChI=1S/C17H21NO3/c1-3-14-16(17(19)20-4-2)21-15(18-14)12-8-11-13-9-6-5-7-10-13/h5-7,9-10H,3-4,8,11-12H2,1-2H3. The first kappa shape index (κ1) is 15.3. The van der Waals surface area contributed by atoms with Gasteiger partial charge >= 0.3 is 5.97 Å². The summed E-state index contributed by atoms with van der Waals surface area (Å²) in [4.78, 5) is 16.2. The fourth-order valence-corrected chi connectivity index (χ4v) is 2.19. The maximum atomic E-state index is 11.8. The molecule has 0 aliphatic carbocycles. The molecular weight excluding hydrogens is 266 g/mol. The van der Waals surface area contributed by atoms with Crippen molar-refractivity contribution in [3.63, 3.8) is 0 Å². The number of aromatic nitrogens is 1. The molecule has 4 nitrogen and oxygen atoms in total. The molecule has 1 aromatic carbocycles. The highest BCUT2D eigenvalue weighted by molar-refractivity contribution is 5.87. The van der Waals surface area contributed by atoms with Crippen molar-refractivity contribution >= 4 is 5.97 Å². The van der Waals surface area contributed by atoms with E-state index >= 15 is 0 Å². The molecule has 0 bridgehead atoms. The molecule has 1 heterocycles. The number of oxazole rings is 1. The molecule has 1 aromatic heterocycles. The maximum Gasteiger partial charge on any atom is 0.376 e. The van der Waals surface area contributed by atoms with Gasteiger partial charge in [-0.2, -0.15) is 0 Å². The summed E-state index contributed by atoms with van der Waals surface area (Å²) < 4.78 is 10.6. The van der Waals surface area contributed by atoms with Crippen LogP contribution in [0, 0.1) is 0 Å². The van der Waals surface area contributed by atoms with E-state index < -0.39 is 5.97 Å². The van der Waals surface area contributed by atoms with Gasteiger partial charge in [0, 0.05) is 6.42 Å². The quantitative estimate of drug-likeness (QED) is 0.730. The maximum absolute atomic E-state index is 11.8. The van der Waals surface area contributed by atoms with Gasteiger partial charge in [0.15, 0.2) is 5.89 Å². The summed E-state index contributed by atoms with van der Waals surface area (Å²) >= 11 is 0. The SMILES string of the molecule is CCOC(=O)c1oc(CCCc2ccccc2)nc1CC. The van der Waals surface area contributed by atoms with Gasteiger partial charge in [0.1, 0.15) is 0 Å². The lowest BCUT2D eigenvalue weighted by Gasteiger charge is -1.99. The molecule has 0 N–H and O–H groups in total. The van der Waals surface area contributed by atoms with E-state index in [0.29, 0.717) is 24.6 Å². The largest absolute Gasteiger partial charge is 0.460 e. The summed E-state index contributed by atoms with van der Waals surface area (Å²) in [5, 5.41) is 0. The minimum Gasteiger partial charge on any atom is -0.460 e. The van der Waals surface area contributed by atoms with Gasteiger partial charge in [-0.15, -0.1) is 0 Å². The molecule has 0 unspecified atom stereocenters. The lowest BCUT2D eigenvalue weighted by molar-refractivity contribution is 0.0486. The van der Waals surface area contributed by atoms with Crippen molar-refractivity contribution in [1.82, 2.24) is 4.98 Å². The third-order valence-electron chi connectivity index (χ3n) is 3.24. The molecule has 4 heteroatoms. The van der Waals surface area contributed by atoms with Crippen molar-refractivity contribution in [1.29, 1.82) is 0 Å². The number of nitrogens with zero attached hydrogens (tertiary/aromatic N) is 1. The zero-order chi connectivity index (χ0) is 15.1. The van der Waals surface area contributed by atoms with Crippen molar-refractivity contribution < 1.29 is 13.9 Å². The van der Waals surface area contributed by atoms with Crippen LogP contribution >= 0.6 is 0 Å². The van der Waals surface area contributed by atoms with E-state index in [1.54, 1.807) is 6.92 Å². The van der Waals surface area contributed by atoms with Gasteiger partial charge in [0.25, 0.3) is 0 Å². The molecule has 2 aromatic rings. The third kappa shape index (κ3) is 4.18. The molecule has 0 fully saturated rings. The van der Waals surface area contributed by atoms with Crippen LogP contribution in [0.1, 0.15) is 48.0 Å². The van der Waals surface area contributed by atoms with E-state index in [-0.39, 0.29) is 5.76 Å². The van der Waals surface area contributed by atoms with E-state index in [2.05, 4.69) is 17.1 Å². The Balaban J connectivity index is 1.96. The molecule has 0 aliphatic heterocycles. The molecule has 0 radical (unpaired) electrons. The number of hydrogen-bond acceptors (Lipinski definition) is 4. The van der Waals surface area contributed by atoms with Crippen molar-refractivity contribution in [2.45, 2.75) is 39.5 Å². The Labute approximate surface area is 125 Å². The predicted octanol–water partition coefficient (Wildman–Crippen LogP) is 3.59. The zero-order valence-electron chi connectivity index (χ0n) is 12.6. The van der Waals surface area contributed by atoms with Crippen LogP contribution in [-0.4, -0.2) is 17.6 Å². The Hall–Kier alpha value is -2.10. The molecule has 0 spiro atoms. The summed E-state index contributed by atoms with van der Waals surface area (Å²) in [6, 6.07) is 10.3. The average molecular weight is 287 g/mol. The van der Waals surface area contributed by atoms with E-state index in [9.17, 15) is 4.79 Å². The number of hydrogen-bond donors (Lipinski definition) is 0. The molecule has 21 heavy (non-hydrogen) atoms. The summed E-state index contributed by atoms with van der Waals surface area (Å²) in [6.07, 6.45) is 3.30. The second-order valence-electron chi connectivity index (χ2n) is 4.80. The van der Waals surface area contributed by atoms with Crippen LogP contribution in [0.3, 0.4) is 0 Å². The first-order chi connectivity index (χ1) is 10.2. The van der Waals surface area contributed by atoms with Gasteiger partial charge < -0.3 is 9.15 Å². The number of carbonyl (C=O) groups excluding carboxylic acids is 1. The van der Waals surface area contributed by atoms with Crippen LogP contribution in [0.4, 0.5) is 0 Å². The number of ether oxygens (including phenoxy) is 1. The Morgan fingerprint density at radius 3 is 2.62 bits per heavy atom. The fraction of sp³-hybridized carbons (Fsp3) is 0.412. The van der Waals surface area contributed by atoms with Crippen LogP contribution in [0.5, 0.6) is 0 Å². The Bertz CT molecular complexity index is 575. The van der Waals surface area contributed by atoms with E-state index in [4.69, 9.17) is 9.15 Å². The van der Waals surface area contributed by atoms with Crippen molar-refractivity contribution in [2.24, 2.45) is 0 Å². The molecule has 0 aliphatic rings. The normalized spacial score (nSPS) is 10.6. The van der Waals surface area contributed by atoms with Crippen LogP contribution in [0.25, 0.3) is 0 Å². The van der Waals surface area contributed by atoms with E-state index in [0.717, 1.165) is 19.3 Å². The highest BCUT2D eigenvalue weighted by atomic mass is 16.5. The van der Waals surface area contributed by atoms with Gasteiger partial charge in [-0.1, -0.05) is 37.3 Å². The first-order valence-corrected chi connectivity index (χ1v) is 7.44. The lowest BCUT2D eigenvalue weighted by atomic mass is 10.1. The van der Waals surface area contributed by atoms with Crippen molar-refractivity contribution in [3.8, 4) is 0 Å². The summed E-state index contributed by atoms with van der Waals surface area (Å²) in [5.74, 6) is 0.455. The molecule has 2 rings (SSSR count). The fourth-order valence-electron chi connectivity index (χ4n) is 2.19. The average Bonchev–Trinajstić information content (AvgIpc) is 2.92. The van der Waals surface area contributed by atoms with Gasteiger partial charge in [-0.3, -0.25) is 0 Å². The minimum absolute atomic E-state index is 0.258. The van der Waals surface area contributed by atoms with Crippen LogP contribution in [0.2, 0.25) is 0 Å². The number of carbonyl (C=O) groups is 1. The zero-order valence-corrected chi connectivity index (χ0v) is 12.6. The number of esters is 1. The van der Waals surface area contributed by atoms with Crippen LogP contribution < -0.4 is 0 Å². The Kier molecular flexibility index (Phi) is 5.55. The van der Waals surface area contributed by atoms with Crippen LogP contribution in [0.15, 0.2) is 34.7 Å². The predicted molar refractivity (Wildman–Crippen MR) is 80.3 cm³/mol. The monoisotopic (exact) mass is 287 g/mol. The second-order valence-corrected chi connectivity index (χ2v) is 4.80. The minimum atomic E-state index is -0.420. The Morgan fingerprint density at radius 1 is 1.19 bits per heavy atom. The molecular formula is C17H21NO3. The van der Waals surface area contributed by atoms with Gasteiger partial charge in [0.2, 0.25) is 5.76 Å². The topological polar surface area (TPSA) is 52.3 Å². The smallest absolute Gasteiger partial charge is 0.376 e. The molecule has 0 saturated heterocycles. The highest BCUT2D eigenvalue weighted by Gasteiger charge is 2.19. The molecule has 0 atom stereocenters. The van der Waals surface area contributed by atoms with Crippen molar-refractivity contribution in [2.75, 3.05) is 6.61 Å². The number of aryl methyl sites for hydroxylation is 3. The third-order valence-corrected chi connectivity index (χ3v) is 3.24. The van der Waals surface area contributed by atoms with E-state index in [1.165, 1.54) is 5.56 Å². The second kappa shape index (κ2) is 7.62. The highest BCUT2D eigenvalue weighted by Crippen LogP contribution is 2.15. The summed E-state index contributed by atoms with van der Waals surface area (Å²) in [5.41, 5.74) is 1.98. The number of benzene rings is 1. The molecule has 0 saturated carbocycles. The number of rotatable bonds is 7. The van der Waals surface area contributed by atoms with Gasteiger partial charge in [-0.25, -0.2) is 9.78 Å². The molecule has 112 valence electrons. The van der Waals surface area contributed by atoms with E-state index in [1.807, 2.05) is 25.1 Å².